The first-order chi connectivity index (χ1) is 15.5. The summed E-state index contributed by atoms with van der Waals surface area (Å²) in [4.78, 5) is 25.8. The monoisotopic (exact) mass is 470 g/mol. The van der Waals surface area contributed by atoms with Crippen molar-refractivity contribution in [2.24, 2.45) is 0 Å². The van der Waals surface area contributed by atoms with E-state index < -0.39 is 20.0 Å². The highest BCUT2D eigenvalue weighted by molar-refractivity contribution is 6.95. The van der Waals surface area contributed by atoms with Crippen LogP contribution in [0.5, 0.6) is 5.75 Å². The minimum Gasteiger partial charge on any atom is -0.507 e. The molecule has 2 rings (SSSR count). The van der Waals surface area contributed by atoms with Crippen molar-refractivity contribution in [3.63, 3.8) is 0 Å². The molecule has 1 N–H and O–H groups in total. The summed E-state index contributed by atoms with van der Waals surface area (Å²) in [5, 5.41) is 12.4. The molecule has 0 heterocycles. The maximum atomic E-state index is 12.9. The molecule has 0 saturated carbocycles. The average Bonchev–Trinajstić information content (AvgIpc) is 2.78. The summed E-state index contributed by atoms with van der Waals surface area (Å²) in [6.07, 6.45) is 1.22. The Morgan fingerprint density at radius 1 is 0.818 bits per heavy atom. The van der Waals surface area contributed by atoms with Crippen LogP contribution in [0.25, 0.3) is 0 Å². The molecule has 0 aliphatic carbocycles. The summed E-state index contributed by atoms with van der Waals surface area (Å²) in [5.74, 6) is -1.51. The number of rotatable bonds is 9. The van der Waals surface area contributed by atoms with Crippen LogP contribution in [0.4, 0.5) is 0 Å². The highest BCUT2D eigenvalue weighted by Crippen LogP contribution is 2.44. The number of hydrogen-bond acceptors (Lipinski definition) is 5. The van der Waals surface area contributed by atoms with Gasteiger partial charge in [0, 0.05) is 0 Å². The van der Waals surface area contributed by atoms with Crippen molar-refractivity contribution in [3.8, 4) is 5.75 Å². The number of ether oxygens (including phenoxy) is 2. The van der Waals surface area contributed by atoms with Crippen LogP contribution in [0.1, 0.15) is 73.4 Å². The molecule has 180 valence electrons. The van der Waals surface area contributed by atoms with Crippen molar-refractivity contribution >= 4 is 25.2 Å². The fraction of sp³-hybridized carbons (Fsp3) is 0.481. The van der Waals surface area contributed by atoms with Crippen LogP contribution < -0.4 is 5.19 Å². The van der Waals surface area contributed by atoms with E-state index in [-0.39, 0.29) is 16.9 Å². The first kappa shape index (κ1) is 26.6. The lowest BCUT2D eigenvalue weighted by Gasteiger charge is -2.44. The molecule has 0 aliphatic rings. The standard InChI is InChI=1S/C27H38O5Si/c1-17(2)33(18(3)4,19(5)6)22-16-21(15-14-20-12-10-9-11-13-20)23(26(29)31-7)24(25(22)28)27(30)32-8/h9-13,16-19,28H,14-15H2,1-8H3. The number of benzene rings is 2. The van der Waals surface area contributed by atoms with Crippen LogP contribution in [-0.4, -0.2) is 39.3 Å². The van der Waals surface area contributed by atoms with Crippen LogP contribution in [-0.2, 0) is 22.3 Å². The van der Waals surface area contributed by atoms with Gasteiger partial charge in [-0.25, -0.2) is 9.59 Å². The third-order valence-electron chi connectivity index (χ3n) is 7.02. The van der Waals surface area contributed by atoms with Gasteiger partial charge < -0.3 is 14.6 Å². The van der Waals surface area contributed by atoms with Gasteiger partial charge in [0.1, 0.15) is 11.3 Å². The van der Waals surface area contributed by atoms with Crippen LogP contribution in [0.2, 0.25) is 16.6 Å². The second-order valence-electron chi connectivity index (χ2n) is 9.55. The number of esters is 2. The molecule has 5 nitrogen and oxygen atoms in total. The molecule has 33 heavy (non-hydrogen) atoms. The highest BCUT2D eigenvalue weighted by atomic mass is 28.3. The summed E-state index contributed by atoms with van der Waals surface area (Å²) in [6.45, 7) is 13.2. The zero-order valence-electron chi connectivity index (χ0n) is 21.2. The van der Waals surface area contributed by atoms with E-state index in [0.29, 0.717) is 35.0 Å². The Kier molecular flexibility index (Phi) is 8.89. The number of aryl methyl sites for hydroxylation is 2. The van der Waals surface area contributed by atoms with E-state index in [1.807, 2.05) is 36.4 Å². The first-order valence-electron chi connectivity index (χ1n) is 11.6. The van der Waals surface area contributed by atoms with Gasteiger partial charge in [-0.1, -0.05) is 77.9 Å². The molecule has 0 atom stereocenters. The largest absolute Gasteiger partial charge is 0.507 e. The molecule has 0 aliphatic heterocycles. The van der Waals surface area contributed by atoms with Gasteiger partial charge in [0.15, 0.2) is 0 Å². The van der Waals surface area contributed by atoms with Gasteiger partial charge in [0.05, 0.1) is 27.9 Å². The van der Waals surface area contributed by atoms with Crippen LogP contribution >= 0.6 is 0 Å². The fourth-order valence-corrected chi connectivity index (χ4v) is 12.6. The van der Waals surface area contributed by atoms with Crippen LogP contribution in [0.15, 0.2) is 36.4 Å². The molecule has 0 amide bonds. The average molecular weight is 471 g/mol. The summed E-state index contributed by atoms with van der Waals surface area (Å²) < 4.78 is 10.1. The second kappa shape index (κ2) is 11.0. The Bertz CT molecular complexity index is 958. The molecule has 0 radical (unpaired) electrons. The van der Waals surface area contributed by atoms with Crippen molar-refractivity contribution in [1.82, 2.24) is 0 Å². The predicted molar refractivity (Wildman–Crippen MR) is 135 cm³/mol. The lowest BCUT2D eigenvalue weighted by molar-refractivity contribution is 0.0551. The summed E-state index contributed by atoms with van der Waals surface area (Å²) in [5.41, 5.74) is 2.77. The van der Waals surface area contributed by atoms with E-state index in [1.165, 1.54) is 14.2 Å². The Morgan fingerprint density at radius 3 is 1.76 bits per heavy atom. The minimum absolute atomic E-state index is 0.0799. The third-order valence-corrected chi connectivity index (χ3v) is 14.1. The summed E-state index contributed by atoms with van der Waals surface area (Å²) >= 11 is 0. The molecule has 0 saturated heterocycles. The van der Waals surface area contributed by atoms with Gasteiger partial charge in [-0.2, -0.15) is 0 Å². The molecular weight excluding hydrogens is 432 g/mol. The fourth-order valence-electron chi connectivity index (χ4n) is 5.75. The van der Waals surface area contributed by atoms with Gasteiger partial charge in [-0.3, -0.25) is 0 Å². The van der Waals surface area contributed by atoms with Crippen molar-refractivity contribution < 1.29 is 24.2 Å². The van der Waals surface area contributed by atoms with E-state index in [4.69, 9.17) is 9.47 Å². The second-order valence-corrected chi connectivity index (χ2v) is 15.4. The molecule has 2 aromatic rings. The van der Waals surface area contributed by atoms with Crippen molar-refractivity contribution in [2.75, 3.05) is 14.2 Å². The van der Waals surface area contributed by atoms with Gasteiger partial charge >= 0.3 is 11.9 Å². The Morgan fingerprint density at radius 2 is 1.30 bits per heavy atom. The zero-order valence-corrected chi connectivity index (χ0v) is 22.2. The van der Waals surface area contributed by atoms with Gasteiger partial charge in [0.2, 0.25) is 0 Å². The quantitative estimate of drug-likeness (QED) is 0.379. The Labute approximate surface area is 199 Å². The normalized spacial score (nSPS) is 11.8. The van der Waals surface area contributed by atoms with Gasteiger partial charge in [-0.05, 0) is 45.8 Å². The molecule has 0 unspecified atom stereocenters. The first-order valence-corrected chi connectivity index (χ1v) is 13.9. The number of carbonyl (C=O) groups is 2. The lowest BCUT2D eigenvalue weighted by atomic mass is 9.95. The molecule has 0 spiro atoms. The SMILES string of the molecule is COC(=O)c1c(CCc2ccccc2)cc([Si](C(C)C)(C(C)C)C(C)C)c(O)c1C(=O)OC. The molecule has 0 aromatic heterocycles. The number of methoxy groups -OCH3 is 2. The van der Waals surface area contributed by atoms with Gasteiger partial charge in [0.25, 0.3) is 0 Å². The maximum absolute atomic E-state index is 12.9. The number of aromatic hydroxyl groups is 1. The Balaban J connectivity index is 2.91. The van der Waals surface area contributed by atoms with Crippen molar-refractivity contribution in [1.29, 1.82) is 0 Å². The van der Waals surface area contributed by atoms with E-state index in [0.717, 1.165) is 10.8 Å². The van der Waals surface area contributed by atoms with Crippen LogP contribution in [0, 0.1) is 0 Å². The molecule has 6 heteroatoms. The van der Waals surface area contributed by atoms with E-state index in [2.05, 4.69) is 41.5 Å². The van der Waals surface area contributed by atoms with E-state index >= 15 is 0 Å². The number of phenolic OH excluding ortho intramolecular Hbond substituents is 1. The number of phenols is 1. The van der Waals surface area contributed by atoms with Gasteiger partial charge in [-0.15, -0.1) is 0 Å². The third kappa shape index (κ3) is 5.01. The predicted octanol–water partition coefficient (Wildman–Crippen LogP) is 5.64. The van der Waals surface area contributed by atoms with Crippen molar-refractivity contribution in [3.05, 3.63) is 58.7 Å². The molecular formula is C27H38O5Si. The molecule has 0 bridgehead atoms. The zero-order chi connectivity index (χ0) is 24.9. The summed E-state index contributed by atoms with van der Waals surface area (Å²) in [7, 11) is 0.188. The van der Waals surface area contributed by atoms with Crippen molar-refractivity contribution in [2.45, 2.75) is 71.0 Å². The number of hydrogen-bond donors (Lipinski definition) is 1. The highest BCUT2D eigenvalue weighted by Gasteiger charge is 2.47. The maximum Gasteiger partial charge on any atom is 0.342 e. The topological polar surface area (TPSA) is 72.8 Å². The summed E-state index contributed by atoms with van der Waals surface area (Å²) in [6, 6.07) is 12.0. The smallest absolute Gasteiger partial charge is 0.342 e. The van der Waals surface area contributed by atoms with E-state index in [1.54, 1.807) is 0 Å². The Hall–Kier alpha value is -2.60. The number of carbonyl (C=O) groups excluding carboxylic acids is 2. The van der Waals surface area contributed by atoms with Crippen LogP contribution in [0.3, 0.4) is 0 Å². The molecule has 2 aromatic carbocycles. The lowest BCUT2D eigenvalue weighted by Crippen LogP contribution is -2.56. The minimum atomic E-state index is -2.36. The van der Waals surface area contributed by atoms with E-state index in [9.17, 15) is 14.7 Å². The molecule has 0 fully saturated rings.